The van der Waals surface area contributed by atoms with Crippen LogP contribution in [0.5, 0.6) is 0 Å². The van der Waals surface area contributed by atoms with Crippen LogP contribution in [-0.2, 0) is 6.42 Å². The smallest absolute Gasteiger partial charge is 0.0459 e. The van der Waals surface area contributed by atoms with Gasteiger partial charge in [-0.05, 0) is 30.5 Å². The van der Waals surface area contributed by atoms with E-state index in [1.165, 1.54) is 33.3 Å². The molecule has 1 nitrogen and oxygen atoms in total. The highest BCUT2D eigenvalue weighted by molar-refractivity contribution is 5.86. The molecule has 0 saturated carbocycles. The van der Waals surface area contributed by atoms with Crippen molar-refractivity contribution in [1.29, 1.82) is 0 Å². The average Bonchev–Trinajstić information content (AvgIpc) is 2.81. The van der Waals surface area contributed by atoms with Gasteiger partial charge in [0.1, 0.15) is 0 Å². The van der Waals surface area contributed by atoms with Gasteiger partial charge < -0.3 is 4.98 Å². The molecule has 0 radical (unpaired) electrons. The first-order valence-electron chi connectivity index (χ1n) is 7.63. The maximum Gasteiger partial charge on any atom is 0.0459 e. The van der Waals surface area contributed by atoms with Crippen molar-refractivity contribution in [3.8, 4) is 0 Å². The first-order valence-corrected chi connectivity index (χ1v) is 7.63. The summed E-state index contributed by atoms with van der Waals surface area (Å²) in [6.07, 6.45) is 4.50. The molecule has 1 atom stereocenters. The lowest BCUT2D eigenvalue weighted by molar-refractivity contribution is 0.805. The minimum atomic E-state index is 0.455. The Bertz CT molecular complexity index is 808. The largest absolute Gasteiger partial charge is 0.358 e. The number of H-pyrrole nitrogens is 1. The number of fused-ring (bicyclic) bond motifs is 3. The molecule has 1 heterocycles. The fraction of sp³-hybridized carbons (Fsp3) is 0.200. The summed E-state index contributed by atoms with van der Waals surface area (Å²) in [7, 11) is 0. The Balaban J connectivity index is 1.97. The zero-order valence-electron chi connectivity index (χ0n) is 12.3. The monoisotopic (exact) mass is 273 g/mol. The fourth-order valence-corrected chi connectivity index (χ4v) is 3.53. The van der Waals surface area contributed by atoms with Gasteiger partial charge in [-0.3, -0.25) is 0 Å². The van der Waals surface area contributed by atoms with E-state index in [4.69, 9.17) is 0 Å². The molecule has 1 aliphatic carbocycles. The lowest BCUT2D eigenvalue weighted by Gasteiger charge is -2.17. The number of benzene rings is 2. The van der Waals surface area contributed by atoms with Crippen LogP contribution in [0.25, 0.3) is 10.9 Å². The number of hydrogen-bond donors (Lipinski definition) is 1. The first-order chi connectivity index (χ1) is 10.3. The maximum absolute atomic E-state index is 3.63. The van der Waals surface area contributed by atoms with Crippen molar-refractivity contribution in [3.05, 3.63) is 83.1 Å². The Morgan fingerprint density at radius 2 is 1.71 bits per heavy atom. The van der Waals surface area contributed by atoms with Crippen molar-refractivity contribution in [2.45, 2.75) is 25.7 Å². The average molecular weight is 273 g/mol. The van der Waals surface area contributed by atoms with Crippen LogP contribution in [0.4, 0.5) is 0 Å². The van der Waals surface area contributed by atoms with Crippen molar-refractivity contribution in [3.63, 3.8) is 0 Å². The maximum atomic E-state index is 3.63. The summed E-state index contributed by atoms with van der Waals surface area (Å²) in [5, 5.41) is 1.38. The summed E-state index contributed by atoms with van der Waals surface area (Å²) >= 11 is 0. The third-order valence-electron chi connectivity index (χ3n) is 4.56. The first kappa shape index (κ1) is 12.5. The topological polar surface area (TPSA) is 15.8 Å². The molecule has 21 heavy (non-hydrogen) atoms. The van der Waals surface area contributed by atoms with Gasteiger partial charge >= 0.3 is 0 Å². The summed E-state index contributed by atoms with van der Waals surface area (Å²) in [4.78, 5) is 3.63. The van der Waals surface area contributed by atoms with Crippen molar-refractivity contribution >= 4 is 10.9 Å². The van der Waals surface area contributed by atoms with Gasteiger partial charge in [0, 0.05) is 28.9 Å². The van der Waals surface area contributed by atoms with Gasteiger partial charge in [0.05, 0.1) is 0 Å². The summed E-state index contributed by atoms with van der Waals surface area (Å²) in [5.41, 5.74) is 7.03. The fourth-order valence-electron chi connectivity index (χ4n) is 3.53. The number of aromatic amines is 1. The minimum absolute atomic E-state index is 0.455. The Kier molecular flexibility index (Phi) is 2.92. The highest BCUT2D eigenvalue weighted by atomic mass is 14.7. The van der Waals surface area contributed by atoms with Gasteiger partial charge in [-0.1, -0.05) is 60.2 Å². The molecule has 0 saturated heterocycles. The van der Waals surface area contributed by atoms with Gasteiger partial charge in [-0.2, -0.15) is 0 Å². The molecular weight excluding hydrogens is 254 g/mol. The van der Waals surface area contributed by atoms with Gasteiger partial charge in [-0.15, -0.1) is 0 Å². The Morgan fingerprint density at radius 3 is 2.57 bits per heavy atom. The second-order valence-corrected chi connectivity index (χ2v) is 5.98. The molecule has 104 valence electrons. The van der Waals surface area contributed by atoms with E-state index in [0.717, 1.165) is 12.8 Å². The molecular formula is C20H19N. The van der Waals surface area contributed by atoms with Crippen LogP contribution in [0.1, 0.15) is 36.1 Å². The van der Waals surface area contributed by atoms with Gasteiger partial charge in [0.25, 0.3) is 0 Å². The van der Waals surface area contributed by atoms with E-state index in [0.29, 0.717) is 5.92 Å². The Morgan fingerprint density at radius 1 is 0.952 bits per heavy atom. The van der Waals surface area contributed by atoms with Gasteiger partial charge in [-0.25, -0.2) is 0 Å². The molecule has 1 aliphatic rings. The van der Waals surface area contributed by atoms with E-state index >= 15 is 0 Å². The lowest BCUT2D eigenvalue weighted by atomic mass is 9.86. The van der Waals surface area contributed by atoms with Crippen LogP contribution >= 0.6 is 0 Å². The summed E-state index contributed by atoms with van der Waals surface area (Å²) in [6.45, 7) is 2.25. The zero-order valence-corrected chi connectivity index (χ0v) is 12.3. The van der Waals surface area contributed by atoms with Gasteiger partial charge in [0.2, 0.25) is 0 Å². The predicted molar refractivity (Wildman–Crippen MR) is 88.7 cm³/mol. The molecule has 4 rings (SSSR count). The summed E-state index contributed by atoms with van der Waals surface area (Å²) < 4.78 is 0. The van der Waals surface area contributed by atoms with Gasteiger partial charge in [0.15, 0.2) is 0 Å². The number of nitrogens with one attached hydrogen (secondary N) is 1. The molecule has 3 aromatic rings. The minimum Gasteiger partial charge on any atom is -0.358 e. The Hall–Kier alpha value is -2.28. The molecule has 0 bridgehead atoms. The van der Waals surface area contributed by atoms with Crippen molar-refractivity contribution in [2.75, 3.05) is 0 Å². The molecule has 2 aromatic carbocycles. The quantitative estimate of drug-likeness (QED) is 0.587. The van der Waals surface area contributed by atoms with E-state index in [9.17, 15) is 0 Å². The lowest BCUT2D eigenvalue weighted by Crippen LogP contribution is -2.02. The molecule has 0 aliphatic heterocycles. The van der Waals surface area contributed by atoms with E-state index in [-0.39, 0.29) is 0 Å². The molecule has 1 N–H and O–H groups in total. The molecule has 1 unspecified atom stereocenters. The van der Waals surface area contributed by atoms with Crippen molar-refractivity contribution in [2.24, 2.45) is 0 Å². The number of rotatable bonds is 1. The van der Waals surface area contributed by atoms with Crippen LogP contribution in [0.2, 0.25) is 0 Å². The zero-order chi connectivity index (χ0) is 14.2. The standard InChI is InChI=1S/C20H19N/c1-14-11-12-19-20(16-9-5-6-10-18(16)21-19)17(13-14)15-7-3-2-4-8-15/h2-11,17,21H,12-13H2,1H3. The highest BCUT2D eigenvalue weighted by Crippen LogP contribution is 2.39. The summed E-state index contributed by atoms with van der Waals surface area (Å²) in [6, 6.07) is 19.6. The van der Waals surface area contributed by atoms with Crippen LogP contribution in [0, 0.1) is 0 Å². The third kappa shape index (κ3) is 2.09. The van der Waals surface area contributed by atoms with E-state index in [2.05, 4.69) is 72.6 Å². The van der Waals surface area contributed by atoms with Crippen LogP contribution in [0.3, 0.4) is 0 Å². The number of aromatic nitrogens is 1. The molecule has 1 aromatic heterocycles. The van der Waals surface area contributed by atoms with Crippen LogP contribution < -0.4 is 0 Å². The summed E-state index contributed by atoms with van der Waals surface area (Å²) in [5.74, 6) is 0.455. The molecule has 0 fully saturated rings. The molecule has 0 amide bonds. The van der Waals surface area contributed by atoms with E-state index in [1.807, 2.05) is 0 Å². The van der Waals surface area contributed by atoms with Crippen LogP contribution in [-0.4, -0.2) is 4.98 Å². The van der Waals surface area contributed by atoms with E-state index < -0.39 is 0 Å². The number of hydrogen-bond acceptors (Lipinski definition) is 0. The van der Waals surface area contributed by atoms with Crippen LogP contribution in [0.15, 0.2) is 66.2 Å². The second-order valence-electron chi connectivity index (χ2n) is 5.98. The molecule has 0 spiro atoms. The van der Waals surface area contributed by atoms with Crippen molar-refractivity contribution < 1.29 is 0 Å². The second kappa shape index (κ2) is 4.92. The Labute approximate surface area is 125 Å². The SMILES string of the molecule is CC1=CCc2[nH]c3ccccc3c2C(c2ccccc2)C1. The number of allylic oxidation sites excluding steroid dienone is 2. The number of para-hydroxylation sites is 1. The molecule has 1 heteroatoms. The predicted octanol–water partition coefficient (Wildman–Crippen LogP) is 5.19. The normalized spacial score (nSPS) is 18.1. The van der Waals surface area contributed by atoms with Crippen molar-refractivity contribution in [1.82, 2.24) is 4.98 Å². The van der Waals surface area contributed by atoms with E-state index in [1.54, 1.807) is 0 Å². The highest BCUT2D eigenvalue weighted by Gasteiger charge is 2.24. The third-order valence-corrected chi connectivity index (χ3v) is 4.56.